The number of benzene rings is 1. The number of carbonyl (C=O) groups is 1. The van der Waals surface area contributed by atoms with Crippen LogP contribution in [0.3, 0.4) is 0 Å². The minimum absolute atomic E-state index is 0.103. The van der Waals surface area contributed by atoms with E-state index in [1.165, 1.54) is 16.0 Å². The first kappa shape index (κ1) is 16.4. The number of thioether (sulfide) groups is 1. The van der Waals surface area contributed by atoms with E-state index in [0.717, 1.165) is 30.5 Å². The lowest BCUT2D eigenvalue weighted by Crippen LogP contribution is -2.31. The van der Waals surface area contributed by atoms with Crippen molar-refractivity contribution in [1.29, 1.82) is 0 Å². The van der Waals surface area contributed by atoms with E-state index in [9.17, 15) is 9.59 Å². The first-order valence-corrected chi connectivity index (χ1v) is 10.1. The van der Waals surface area contributed by atoms with Gasteiger partial charge in [-0.3, -0.25) is 14.0 Å². The Balaban J connectivity index is 1.57. The summed E-state index contributed by atoms with van der Waals surface area (Å²) in [4.78, 5) is 32.6. The maximum atomic E-state index is 12.8. The highest BCUT2D eigenvalue weighted by atomic mass is 32.2. The van der Waals surface area contributed by atoms with Gasteiger partial charge in [0.15, 0.2) is 4.96 Å². The van der Waals surface area contributed by atoms with Crippen LogP contribution >= 0.6 is 23.1 Å². The molecule has 1 aromatic carbocycles. The zero-order valence-corrected chi connectivity index (χ0v) is 15.4. The van der Waals surface area contributed by atoms with Crippen LogP contribution in [0, 0.1) is 0 Å². The third kappa shape index (κ3) is 2.98. The second-order valence-corrected chi connectivity index (χ2v) is 7.89. The number of amides is 1. The molecule has 2 heterocycles. The minimum atomic E-state index is -0.376. The van der Waals surface area contributed by atoms with Gasteiger partial charge < -0.3 is 5.32 Å². The Morgan fingerprint density at radius 3 is 2.88 bits per heavy atom. The van der Waals surface area contributed by atoms with Crippen molar-refractivity contribution in [1.82, 2.24) is 14.7 Å². The van der Waals surface area contributed by atoms with Crippen LogP contribution in [0.25, 0.3) is 4.96 Å². The molecule has 25 heavy (non-hydrogen) atoms. The SMILES string of the molecule is CSc1ccc(CNC(=O)c2cnc3sc4c(n3c2=O)CCC4)cc1. The topological polar surface area (TPSA) is 63.5 Å². The molecule has 0 saturated heterocycles. The second kappa shape index (κ2) is 6.65. The standard InChI is InChI=1S/C18H17N3O2S2/c1-24-12-7-5-11(6-8-12)9-19-16(22)13-10-20-18-21(17(13)23)14-3-2-4-15(14)25-18/h5-8,10H,2-4,9H2,1H3,(H,19,22). The van der Waals surface area contributed by atoms with Crippen LogP contribution in [0.1, 0.15) is 32.9 Å². The van der Waals surface area contributed by atoms with Gasteiger partial charge in [-0.15, -0.1) is 23.1 Å². The van der Waals surface area contributed by atoms with Crippen molar-refractivity contribution in [2.75, 3.05) is 6.26 Å². The number of aromatic nitrogens is 2. The number of thiazole rings is 1. The number of fused-ring (bicyclic) bond motifs is 3. The van der Waals surface area contributed by atoms with E-state index in [-0.39, 0.29) is 17.0 Å². The van der Waals surface area contributed by atoms with Crippen LogP contribution in [0.5, 0.6) is 0 Å². The van der Waals surface area contributed by atoms with E-state index < -0.39 is 0 Å². The van der Waals surface area contributed by atoms with Crippen molar-refractivity contribution >= 4 is 34.0 Å². The molecule has 5 nitrogen and oxygen atoms in total. The predicted octanol–water partition coefficient (Wildman–Crippen LogP) is 2.90. The van der Waals surface area contributed by atoms with Gasteiger partial charge in [-0.05, 0) is 43.2 Å². The van der Waals surface area contributed by atoms with Crippen molar-refractivity contribution < 1.29 is 4.79 Å². The quantitative estimate of drug-likeness (QED) is 0.717. The third-order valence-corrected chi connectivity index (χ3v) is 6.31. The van der Waals surface area contributed by atoms with Gasteiger partial charge in [-0.1, -0.05) is 12.1 Å². The van der Waals surface area contributed by atoms with Gasteiger partial charge in [-0.25, -0.2) is 4.98 Å². The molecule has 0 aliphatic heterocycles. The number of nitrogens with zero attached hydrogens (tertiary/aromatic N) is 2. The fourth-order valence-corrected chi connectivity index (χ4v) is 4.66. The Bertz CT molecular complexity index is 1010. The number of nitrogens with one attached hydrogen (secondary N) is 1. The van der Waals surface area contributed by atoms with Gasteiger partial charge in [-0.2, -0.15) is 0 Å². The molecule has 0 atom stereocenters. The predicted molar refractivity (Wildman–Crippen MR) is 101 cm³/mol. The zero-order valence-electron chi connectivity index (χ0n) is 13.7. The number of hydrogen-bond acceptors (Lipinski definition) is 5. The van der Waals surface area contributed by atoms with Crippen molar-refractivity contribution in [2.45, 2.75) is 30.7 Å². The van der Waals surface area contributed by atoms with Crippen molar-refractivity contribution in [3.05, 3.63) is 62.5 Å². The molecule has 1 amide bonds. The molecule has 2 aromatic heterocycles. The first-order valence-electron chi connectivity index (χ1n) is 8.11. The summed E-state index contributed by atoms with van der Waals surface area (Å²) >= 11 is 3.23. The van der Waals surface area contributed by atoms with Crippen LogP contribution in [0.4, 0.5) is 0 Å². The van der Waals surface area contributed by atoms with E-state index in [0.29, 0.717) is 11.5 Å². The molecule has 0 bridgehead atoms. The average molecular weight is 371 g/mol. The zero-order chi connectivity index (χ0) is 17.4. The maximum Gasteiger partial charge on any atom is 0.271 e. The lowest BCUT2D eigenvalue weighted by atomic mass is 10.2. The van der Waals surface area contributed by atoms with Crippen LogP contribution in [0.2, 0.25) is 0 Å². The monoisotopic (exact) mass is 371 g/mol. The molecule has 0 radical (unpaired) electrons. The van der Waals surface area contributed by atoms with E-state index in [1.54, 1.807) is 27.5 Å². The molecular weight excluding hydrogens is 354 g/mol. The van der Waals surface area contributed by atoms with Crippen LogP contribution < -0.4 is 10.9 Å². The number of hydrogen-bond donors (Lipinski definition) is 1. The van der Waals surface area contributed by atoms with Crippen molar-refractivity contribution in [2.24, 2.45) is 0 Å². The molecule has 4 rings (SSSR count). The van der Waals surface area contributed by atoms with E-state index in [2.05, 4.69) is 10.3 Å². The fraction of sp³-hybridized carbons (Fsp3) is 0.278. The second-order valence-electron chi connectivity index (χ2n) is 5.95. The van der Waals surface area contributed by atoms with Gasteiger partial charge in [0, 0.05) is 28.2 Å². The largest absolute Gasteiger partial charge is 0.348 e. The van der Waals surface area contributed by atoms with Crippen molar-refractivity contribution in [3.8, 4) is 0 Å². The van der Waals surface area contributed by atoms with Gasteiger partial charge >= 0.3 is 0 Å². The number of carbonyl (C=O) groups excluding carboxylic acids is 1. The van der Waals surface area contributed by atoms with E-state index in [1.807, 2.05) is 30.5 Å². The molecular formula is C18H17N3O2S2. The summed E-state index contributed by atoms with van der Waals surface area (Å²) in [6.07, 6.45) is 6.36. The maximum absolute atomic E-state index is 12.8. The molecule has 7 heteroatoms. The normalized spacial score (nSPS) is 13.2. The summed E-state index contributed by atoms with van der Waals surface area (Å²) in [6.45, 7) is 0.386. The molecule has 0 fully saturated rings. The van der Waals surface area contributed by atoms with Crippen molar-refractivity contribution in [3.63, 3.8) is 0 Å². The summed E-state index contributed by atoms with van der Waals surface area (Å²) in [5.74, 6) is -0.376. The van der Waals surface area contributed by atoms with E-state index >= 15 is 0 Å². The van der Waals surface area contributed by atoms with Crippen LogP contribution in [-0.4, -0.2) is 21.5 Å². The van der Waals surface area contributed by atoms with Gasteiger partial charge in [0.25, 0.3) is 11.5 Å². The Morgan fingerprint density at radius 1 is 1.32 bits per heavy atom. The molecule has 1 aliphatic rings. The number of aryl methyl sites for hydroxylation is 2. The summed E-state index contributed by atoms with van der Waals surface area (Å²) in [7, 11) is 0. The summed E-state index contributed by atoms with van der Waals surface area (Å²) in [5.41, 5.74) is 1.86. The van der Waals surface area contributed by atoms with Gasteiger partial charge in [0.05, 0.1) is 0 Å². The highest BCUT2D eigenvalue weighted by Gasteiger charge is 2.22. The van der Waals surface area contributed by atoms with Crippen LogP contribution in [-0.2, 0) is 19.4 Å². The molecule has 1 aliphatic carbocycles. The molecule has 1 N–H and O–H groups in total. The lowest BCUT2D eigenvalue weighted by Gasteiger charge is -2.06. The highest BCUT2D eigenvalue weighted by Crippen LogP contribution is 2.28. The molecule has 3 aromatic rings. The average Bonchev–Trinajstić information content (AvgIpc) is 3.21. The van der Waals surface area contributed by atoms with Gasteiger partial charge in [0.1, 0.15) is 5.56 Å². The summed E-state index contributed by atoms with van der Waals surface area (Å²) in [5, 5.41) is 2.82. The fourth-order valence-electron chi connectivity index (χ4n) is 3.08. The summed E-state index contributed by atoms with van der Waals surface area (Å²) in [6, 6.07) is 7.99. The molecule has 0 unspecified atom stereocenters. The first-order chi connectivity index (χ1) is 12.2. The highest BCUT2D eigenvalue weighted by molar-refractivity contribution is 7.98. The minimum Gasteiger partial charge on any atom is -0.348 e. The Labute approximate surface area is 153 Å². The number of rotatable bonds is 4. The Kier molecular flexibility index (Phi) is 4.35. The molecule has 128 valence electrons. The lowest BCUT2D eigenvalue weighted by molar-refractivity contribution is 0.0949. The Morgan fingerprint density at radius 2 is 2.12 bits per heavy atom. The molecule has 0 saturated carbocycles. The smallest absolute Gasteiger partial charge is 0.271 e. The molecule has 0 spiro atoms. The summed E-state index contributed by atoms with van der Waals surface area (Å²) < 4.78 is 1.62. The van der Waals surface area contributed by atoms with Gasteiger partial charge in [0.2, 0.25) is 0 Å². The Hall–Kier alpha value is -2.12. The van der Waals surface area contributed by atoms with Crippen LogP contribution in [0.15, 0.2) is 40.2 Å². The van der Waals surface area contributed by atoms with E-state index in [4.69, 9.17) is 0 Å². The third-order valence-electron chi connectivity index (χ3n) is 4.41.